The second kappa shape index (κ2) is 10.1. The Morgan fingerprint density at radius 1 is 1.13 bits per heavy atom. The molecule has 7 aliphatic rings. The highest BCUT2D eigenvalue weighted by molar-refractivity contribution is 6.01. The summed E-state index contributed by atoms with van der Waals surface area (Å²) < 4.78 is 12.1. The molecule has 1 N–H and O–H groups in total. The summed E-state index contributed by atoms with van der Waals surface area (Å²) in [6.07, 6.45) is 17.0. The van der Waals surface area contributed by atoms with Crippen LogP contribution in [0, 0.1) is 29.1 Å². The van der Waals surface area contributed by atoms with Gasteiger partial charge in [-0.05, 0) is 86.5 Å². The van der Waals surface area contributed by atoms with Crippen LogP contribution < -0.4 is 0 Å². The standard InChI is InChI=1S/C32H39NO5/c1-3-5-9-24-23-12-11-22-21-13-15-32(28(22)27(23)30(35)37-24)25(10-6-4-2)38-31(36)29(32)26(21)20(8-7-17-34)19-14-16-33-18-19/h9-10,14,18,20-22,28,34H,3-8,11-13,15-17H2,1-2H3/b24-9-,25-10-/t20-,21+,22+,28-,32+/m1/s1. The molecule has 2 fully saturated rings. The van der Waals surface area contributed by atoms with Crippen molar-refractivity contribution in [1.82, 2.24) is 0 Å². The summed E-state index contributed by atoms with van der Waals surface area (Å²) in [5.74, 6) is 1.45. The Kier molecular flexibility index (Phi) is 6.79. The summed E-state index contributed by atoms with van der Waals surface area (Å²) in [6.45, 7) is 5.04. The van der Waals surface area contributed by atoms with Crippen LogP contribution >= 0.6 is 0 Å². The van der Waals surface area contributed by atoms with Crippen LogP contribution in [-0.2, 0) is 19.1 Å². The number of aliphatic hydroxyl groups excluding tert-OH is 1. The Labute approximate surface area is 225 Å². The number of esters is 2. The summed E-state index contributed by atoms with van der Waals surface area (Å²) in [4.78, 5) is 31.9. The molecule has 3 aliphatic heterocycles. The van der Waals surface area contributed by atoms with Gasteiger partial charge in [0.15, 0.2) is 0 Å². The van der Waals surface area contributed by atoms with Gasteiger partial charge in [0.05, 0.1) is 17.5 Å². The number of carbonyl (C=O) groups is 2. The molecule has 0 amide bonds. The van der Waals surface area contributed by atoms with Crippen molar-refractivity contribution in [2.75, 3.05) is 13.2 Å². The topological polar surface area (TPSA) is 85.2 Å². The molecule has 6 heteroatoms. The molecule has 3 heterocycles. The quantitative estimate of drug-likeness (QED) is 0.385. The van der Waals surface area contributed by atoms with Gasteiger partial charge in [0.2, 0.25) is 0 Å². The van der Waals surface area contributed by atoms with E-state index in [0.29, 0.717) is 13.0 Å². The fourth-order valence-corrected chi connectivity index (χ4v) is 8.36. The van der Waals surface area contributed by atoms with E-state index in [1.807, 2.05) is 6.21 Å². The molecule has 1 spiro atoms. The minimum Gasteiger partial charge on any atom is -0.427 e. The fraction of sp³-hybridized carbons (Fsp3) is 0.594. The van der Waals surface area contributed by atoms with Gasteiger partial charge in [-0.3, -0.25) is 4.99 Å². The number of ether oxygens (including phenoxy) is 2. The molecule has 0 unspecified atom stereocenters. The maximum absolute atomic E-state index is 13.9. The lowest BCUT2D eigenvalue weighted by atomic mass is 9.43. The minimum atomic E-state index is -0.616. The van der Waals surface area contributed by atoms with E-state index in [-0.39, 0.29) is 42.2 Å². The Bertz CT molecular complexity index is 1230. The number of aliphatic imine (C=N–C) groups is 1. The SMILES string of the molecule is CCC/C=C1\OC(=O)C2=C1CC[C@H]1[C@@H]3CC[C@@]4(C(=C3[C@H](CCCO)C3=CCN=C3)C(=O)O/C4=C\CCC)[C@@H]21. The lowest BCUT2D eigenvalue weighted by Gasteiger charge is -2.57. The first-order chi connectivity index (χ1) is 18.6. The molecule has 0 radical (unpaired) electrons. The summed E-state index contributed by atoms with van der Waals surface area (Å²) in [5.41, 5.74) is 4.40. The third kappa shape index (κ3) is 3.66. The van der Waals surface area contributed by atoms with E-state index in [0.717, 1.165) is 91.6 Å². The number of hydrogen-bond donors (Lipinski definition) is 1. The molecule has 6 nitrogen and oxygen atoms in total. The normalized spacial score (nSPS) is 34.1. The van der Waals surface area contributed by atoms with E-state index in [1.165, 1.54) is 5.57 Å². The third-order valence-electron chi connectivity index (χ3n) is 9.73. The average Bonchev–Trinajstić information content (AvgIpc) is 3.64. The van der Waals surface area contributed by atoms with E-state index < -0.39 is 5.41 Å². The number of cyclic esters (lactones) is 2. The van der Waals surface area contributed by atoms with Crippen molar-refractivity contribution in [1.29, 1.82) is 0 Å². The van der Waals surface area contributed by atoms with Gasteiger partial charge in [-0.15, -0.1) is 0 Å². The second-order valence-corrected chi connectivity index (χ2v) is 11.6. The molecule has 7 rings (SSSR count). The molecular weight excluding hydrogens is 478 g/mol. The van der Waals surface area contributed by atoms with Crippen LogP contribution in [-0.4, -0.2) is 36.4 Å². The molecule has 38 heavy (non-hydrogen) atoms. The third-order valence-corrected chi connectivity index (χ3v) is 9.73. The number of fused-ring (bicyclic) bond motifs is 1. The van der Waals surface area contributed by atoms with Crippen LogP contribution in [0.1, 0.15) is 78.1 Å². The highest BCUT2D eigenvalue weighted by atomic mass is 16.5. The predicted molar refractivity (Wildman–Crippen MR) is 145 cm³/mol. The Morgan fingerprint density at radius 2 is 1.95 bits per heavy atom. The van der Waals surface area contributed by atoms with Crippen LogP contribution in [0.4, 0.5) is 0 Å². The number of rotatable bonds is 9. The van der Waals surface area contributed by atoms with Crippen molar-refractivity contribution in [3.63, 3.8) is 0 Å². The van der Waals surface area contributed by atoms with Gasteiger partial charge in [-0.25, -0.2) is 9.59 Å². The molecule has 0 aromatic rings. The number of allylic oxidation sites excluding steroid dienone is 6. The van der Waals surface area contributed by atoms with E-state index in [4.69, 9.17) is 9.47 Å². The molecule has 4 aliphatic carbocycles. The number of carbonyl (C=O) groups excluding carboxylic acids is 2. The van der Waals surface area contributed by atoms with E-state index in [9.17, 15) is 14.7 Å². The number of unbranched alkanes of at least 4 members (excludes halogenated alkanes) is 2. The monoisotopic (exact) mass is 517 g/mol. The molecule has 202 valence electrons. The Morgan fingerprint density at radius 3 is 2.68 bits per heavy atom. The summed E-state index contributed by atoms with van der Waals surface area (Å²) in [7, 11) is 0. The molecule has 1 saturated carbocycles. The Hall–Kier alpha value is -2.73. The van der Waals surface area contributed by atoms with Gasteiger partial charge in [0.1, 0.15) is 11.5 Å². The van der Waals surface area contributed by atoms with Gasteiger partial charge in [0.25, 0.3) is 0 Å². The van der Waals surface area contributed by atoms with Crippen LogP contribution in [0.25, 0.3) is 0 Å². The van der Waals surface area contributed by atoms with Crippen molar-refractivity contribution in [3.8, 4) is 0 Å². The van der Waals surface area contributed by atoms with E-state index >= 15 is 0 Å². The van der Waals surface area contributed by atoms with Gasteiger partial charge in [-0.2, -0.15) is 0 Å². The number of hydrogen-bond acceptors (Lipinski definition) is 6. The number of nitrogens with zero attached hydrogens (tertiary/aromatic N) is 1. The van der Waals surface area contributed by atoms with E-state index in [2.05, 4.69) is 37.1 Å². The zero-order chi connectivity index (χ0) is 26.4. The summed E-state index contributed by atoms with van der Waals surface area (Å²) >= 11 is 0. The van der Waals surface area contributed by atoms with Crippen LogP contribution in [0.2, 0.25) is 0 Å². The maximum Gasteiger partial charge on any atom is 0.340 e. The van der Waals surface area contributed by atoms with Gasteiger partial charge < -0.3 is 14.6 Å². The minimum absolute atomic E-state index is 0.0398. The lowest BCUT2D eigenvalue weighted by Crippen LogP contribution is -2.53. The first kappa shape index (κ1) is 25.5. The number of aliphatic hydroxyl groups is 1. The fourth-order valence-electron chi connectivity index (χ4n) is 8.36. The molecule has 1 saturated heterocycles. The molecule has 0 aromatic heterocycles. The zero-order valence-electron chi connectivity index (χ0n) is 22.6. The van der Waals surface area contributed by atoms with Gasteiger partial charge >= 0.3 is 11.9 Å². The van der Waals surface area contributed by atoms with Crippen molar-refractivity contribution < 1.29 is 24.2 Å². The van der Waals surface area contributed by atoms with Crippen LogP contribution in [0.5, 0.6) is 0 Å². The zero-order valence-corrected chi connectivity index (χ0v) is 22.6. The molecular formula is C32H39NO5. The highest BCUT2D eigenvalue weighted by Crippen LogP contribution is 2.71. The molecule has 0 aromatic carbocycles. The lowest BCUT2D eigenvalue weighted by molar-refractivity contribution is -0.135. The largest absolute Gasteiger partial charge is 0.427 e. The van der Waals surface area contributed by atoms with Crippen LogP contribution in [0.15, 0.2) is 62.6 Å². The van der Waals surface area contributed by atoms with Crippen molar-refractivity contribution >= 4 is 18.2 Å². The van der Waals surface area contributed by atoms with E-state index in [1.54, 1.807) is 0 Å². The molecule has 2 bridgehead atoms. The smallest absolute Gasteiger partial charge is 0.340 e. The maximum atomic E-state index is 13.9. The average molecular weight is 518 g/mol. The van der Waals surface area contributed by atoms with Crippen molar-refractivity contribution in [2.24, 2.45) is 34.1 Å². The first-order valence-electron chi connectivity index (χ1n) is 14.7. The van der Waals surface area contributed by atoms with Crippen molar-refractivity contribution in [3.05, 3.63) is 57.6 Å². The van der Waals surface area contributed by atoms with Gasteiger partial charge in [0, 0.05) is 35.8 Å². The summed E-state index contributed by atoms with van der Waals surface area (Å²) in [6, 6.07) is 0. The first-order valence-corrected chi connectivity index (χ1v) is 14.7. The summed E-state index contributed by atoms with van der Waals surface area (Å²) in [5, 5.41) is 9.74. The second-order valence-electron chi connectivity index (χ2n) is 11.6. The molecule has 5 atom stereocenters. The highest BCUT2D eigenvalue weighted by Gasteiger charge is 2.68. The van der Waals surface area contributed by atoms with Crippen molar-refractivity contribution in [2.45, 2.75) is 78.1 Å². The van der Waals surface area contributed by atoms with Crippen LogP contribution in [0.3, 0.4) is 0 Å². The predicted octanol–water partition coefficient (Wildman–Crippen LogP) is 5.90. The Balaban J connectivity index is 1.57. The van der Waals surface area contributed by atoms with Gasteiger partial charge in [-0.1, -0.05) is 32.8 Å².